The second-order valence-electron chi connectivity index (χ2n) is 5.10. The van der Waals surface area contributed by atoms with Crippen LogP contribution in [0.1, 0.15) is 17.0 Å². The van der Waals surface area contributed by atoms with Gasteiger partial charge in [-0.25, -0.2) is 0 Å². The van der Waals surface area contributed by atoms with Gasteiger partial charge in [0.1, 0.15) is 11.5 Å². The molecule has 0 aliphatic heterocycles. The topological polar surface area (TPSA) is 38.1 Å². The molecule has 0 amide bonds. The van der Waals surface area contributed by atoms with Gasteiger partial charge < -0.3 is 9.73 Å². The van der Waals surface area contributed by atoms with E-state index >= 15 is 0 Å². The molecule has 0 aliphatic rings. The lowest BCUT2D eigenvalue weighted by Crippen LogP contribution is -2.12. The second-order valence-corrected chi connectivity index (χ2v) is 5.51. The van der Waals surface area contributed by atoms with Crippen molar-refractivity contribution in [2.24, 2.45) is 0 Å². The third kappa shape index (κ3) is 4.35. The first-order valence-electron chi connectivity index (χ1n) is 7.19. The average Bonchev–Trinajstić information content (AvgIpc) is 3.00. The number of aromatic nitrogens is 1. The first kappa shape index (κ1) is 17.5. The van der Waals surface area contributed by atoms with Gasteiger partial charge in [0.15, 0.2) is 0 Å². The molecule has 1 N–H and O–H groups in total. The SMILES string of the molecule is Cc1c(Cl)cccc1-c1ccc(CNCc2ccccn2)o1.Cl. The van der Waals surface area contributed by atoms with Gasteiger partial charge in [-0.3, -0.25) is 4.98 Å². The number of hydrogen-bond donors (Lipinski definition) is 1. The highest BCUT2D eigenvalue weighted by molar-refractivity contribution is 6.31. The van der Waals surface area contributed by atoms with Crippen molar-refractivity contribution in [1.82, 2.24) is 10.3 Å². The Hall–Kier alpha value is -1.81. The van der Waals surface area contributed by atoms with E-state index in [0.29, 0.717) is 13.1 Å². The number of pyridine rings is 1. The maximum absolute atomic E-state index is 6.16. The minimum absolute atomic E-state index is 0. The van der Waals surface area contributed by atoms with Crippen molar-refractivity contribution in [1.29, 1.82) is 0 Å². The summed E-state index contributed by atoms with van der Waals surface area (Å²) in [6.07, 6.45) is 1.80. The quantitative estimate of drug-likeness (QED) is 0.703. The van der Waals surface area contributed by atoms with Gasteiger partial charge in [0.05, 0.1) is 12.2 Å². The molecule has 0 radical (unpaired) electrons. The average molecular weight is 349 g/mol. The number of hydrogen-bond acceptors (Lipinski definition) is 3. The Bertz CT molecular complexity index is 757. The van der Waals surface area contributed by atoms with Crippen molar-refractivity contribution in [3.05, 3.63) is 76.8 Å². The lowest BCUT2D eigenvalue weighted by molar-refractivity contribution is 0.492. The molecular weight excluding hydrogens is 331 g/mol. The number of halogens is 2. The maximum atomic E-state index is 6.16. The summed E-state index contributed by atoms with van der Waals surface area (Å²) in [4.78, 5) is 4.28. The van der Waals surface area contributed by atoms with E-state index in [4.69, 9.17) is 16.0 Å². The Morgan fingerprint density at radius 3 is 2.70 bits per heavy atom. The predicted molar refractivity (Wildman–Crippen MR) is 95.9 cm³/mol. The summed E-state index contributed by atoms with van der Waals surface area (Å²) >= 11 is 6.16. The van der Waals surface area contributed by atoms with Crippen LogP contribution in [0, 0.1) is 6.92 Å². The maximum Gasteiger partial charge on any atom is 0.134 e. The normalized spacial score (nSPS) is 10.3. The summed E-state index contributed by atoms with van der Waals surface area (Å²) < 4.78 is 5.90. The molecule has 0 fully saturated rings. The zero-order valence-electron chi connectivity index (χ0n) is 12.8. The fourth-order valence-corrected chi connectivity index (χ4v) is 2.48. The lowest BCUT2D eigenvalue weighted by Gasteiger charge is -2.05. The molecule has 23 heavy (non-hydrogen) atoms. The van der Waals surface area contributed by atoms with Crippen LogP contribution in [-0.2, 0) is 13.1 Å². The van der Waals surface area contributed by atoms with E-state index in [1.54, 1.807) is 6.20 Å². The Balaban J connectivity index is 0.00000192. The second kappa shape index (κ2) is 8.16. The van der Waals surface area contributed by atoms with Crippen LogP contribution in [-0.4, -0.2) is 4.98 Å². The minimum atomic E-state index is 0. The van der Waals surface area contributed by atoms with E-state index in [1.165, 1.54) is 0 Å². The van der Waals surface area contributed by atoms with E-state index in [-0.39, 0.29) is 12.4 Å². The highest BCUT2D eigenvalue weighted by Gasteiger charge is 2.09. The van der Waals surface area contributed by atoms with Gasteiger partial charge in [0, 0.05) is 23.3 Å². The van der Waals surface area contributed by atoms with Gasteiger partial charge >= 0.3 is 0 Å². The molecule has 0 saturated heterocycles. The zero-order valence-corrected chi connectivity index (χ0v) is 14.3. The molecular formula is C18H18Cl2N2O. The zero-order chi connectivity index (χ0) is 15.4. The molecule has 120 valence electrons. The molecule has 3 nitrogen and oxygen atoms in total. The molecule has 1 aromatic carbocycles. The van der Waals surface area contributed by atoms with E-state index in [1.807, 2.05) is 55.5 Å². The van der Waals surface area contributed by atoms with Crippen LogP contribution in [0.4, 0.5) is 0 Å². The van der Waals surface area contributed by atoms with Gasteiger partial charge in [-0.05, 0) is 42.8 Å². The highest BCUT2D eigenvalue weighted by Crippen LogP contribution is 2.29. The van der Waals surface area contributed by atoms with E-state index in [2.05, 4.69) is 10.3 Å². The number of nitrogens with one attached hydrogen (secondary N) is 1. The summed E-state index contributed by atoms with van der Waals surface area (Å²) in [6, 6.07) is 15.7. The van der Waals surface area contributed by atoms with Crippen molar-refractivity contribution >= 4 is 24.0 Å². The number of nitrogens with zero attached hydrogens (tertiary/aromatic N) is 1. The van der Waals surface area contributed by atoms with Crippen molar-refractivity contribution < 1.29 is 4.42 Å². The van der Waals surface area contributed by atoms with Crippen LogP contribution in [0.5, 0.6) is 0 Å². The Morgan fingerprint density at radius 1 is 1.04 bits per heavy atom. The van der Waals surface area contributed by atoms with Crippen molar-refractivity contribution in [3.8, 4) is 11.3 Å². The van der Waals surface area contributed by atoms with E-state index in [0.717, 1.165) is 33.4 Å². The van der Waals surface area contributed by atoms with E-state index in [9.17, 15) is 0 Å². The predicted octanol–water partition coefficient (Wildman–Crippen LogP) is 5.02. The Kier molecular flexibility index (Phi) is 6.22. The summed E-state index contributed by atoms with van der Waals surface area (Å²) in [5.74, 6) is 1.74. The number of benzene rings is 1. The first-order valence-corrected chi connectivity index (χ1v) is 7.56. The molecule has 0 unspecified atom stereocenters. The Labute approximate surface area is 147 Å². The van der Waals surface area contributed by atoms with Crippen LogP contribution in [0.15, 0.2) is 59.1 Å². The third-order valence-electron chi connectivity index (χ3n) is 3.53. The molecule has 3 rings (SSSR count). The van der Waals surface area contributed by atoms with Crippen LogP contribution < -0.4 is 5.32 Å². The number of furan rings is 1. The summed E-state index contributed by atoms with van der Waals surface area (Å²) in [5, 5.41) is 4.08. The fourth-order valence-electron chi connectivity index (χ4n) is 2.31. The summed E-state index contributed by atoms with van der Waals surface area (Å²) in [6.45, 7) is 3.38. The standard InChI is InChI=1S/C18H17ClN2O.ClH/c1-13-16(6-4-7-17(13)19)18-9-8-15(22-18)12-20-11-14-5-2-3-10-21-14;/h2-10,20H,11-12H2,1H3;1H. The molecule has 0 bridgehead atoms. The fraction of sp³-hybridized carbons (Fsp3) is 0.167. The van der Waals surface area contributed by atoms with Gasteiger partial charge in [-0.1, -0.05) is 29.8 Å². The van der Waals surface area contributed by atoms with Gasteiger partial charge in [-0.15, -0.1) is 12.4 Å². The molecule has 0 saturated carbocycles. The van der Waals surface area contributed by atoms with Gasteiger partial charge in [0.25, 0.3) is 0 Å². The van der Waals surface area contributed by atoms with E-state index < -0.39 is 0 Å². The molecule has 5 heteroatoms. The van der Waals surface area contributed by atoms with Crippen molar-refractivity contribution in [2.75, 3.05) is 0 Å². The molecule has 2 aromatic heterocycles. The minimum Gasteiger partial charge on any atom is -0.460 e. The van der Waals surface area contributed by atoms with Crippen LogP contribution in [0.2, 0.25) is 5.02 Å². The Morgan fingerprint density at radius 2 is 1.91 bits per heavy atom. The molecule has 2 heterocycles. The molecule has 0 atom stereocenters. The monoisotopic (exact) mass is 348 g/mol. The van der Waals surface area contributed by atoms with Crippen molar-refractivity contribution in [3.63, 3.8) is 0 Å². The largest absolute Gasteiger partial charge is 0.460 e. The molecule has 0 aliphatic carbocycles. The third-order valence-corrected chi connectivity index (χ3v) is 3.94. The van der Waals surface area contributed by atoms with Crippen LogP contribution in [0.25, 0.3) is 11.3 Å². The summed E-state index contributed by atoms with van der Waals surface area (Å²) in [7, 11) is 0. The number of rotatable bonds is 5. The first-order chi connectivity index (χ1) is 10.7. The summed E-state index contributed by atoms with van der Waals surface area (Å²) in [5.41, 5.74) is 3.08. The van der Waals surface area contributed by atoms with Crippen LogP contribution in [0.3, 0.4) is 0 Å². The highest BCUT2D eigenvalue weighted by atomic mass is 35.5. The van der Waals surface area contributed by atoms with Gasteiger partial charge in [0.2, 0.25) is 0 Å². The molecule has 3 aromatic rings. The van der Waals surface area contributed by atoms with Crippen LogP contribution >= 0.6 is 24.0 Å². The smallest absolute Gasteiger partial charge is 0.134 e. The lowest BCUT2D eigenvalue weighted by atomic mass is 10.1. The van der Waals surface area contributed by atoms with Gasteiger partial charge in [-0.2, -0.15) is 0 Å². The molecule has 0 spiro atoms. The van der Waals surface area contributed by atoms with Crippen molar-refractivity contribution in [2.45, 2.75) is 20.0 Å².